The largest absolute Gasteiger partial charge is 0.316 e. The third-order valence-electron chi connectivity index (χ3n) is 3.32. The van der Waals surface area contributed by atoms with Crippen LogP contribution in [0.4, 0.5) is 0 Å². The van der Waals surface area contributed by atoms with Crippen molar-refractivity contribution in [2.75, 3.05) is 13.1 Å². The lowest BCUT2D eigenvalue weighted by molar-refractivity contribution is 0.365. The van der Waals surface area contributed by atoms with E-state index in [0.717, 1.165) is 11.8 Å². The summed E-state index contributed by atoms with van der Waals surface area (Å²) in [5.74, 6) is 1.83. The fourth-order valence-electron chi connectivity index (χ4n) is 1.96. The molecule has 0 saturated heterocycles. The van der Waals surface area contributed by atoms with Crippen LogP contribution in [0.5, 0.6) is 0 Å². The molecule has 1 heteroatoms. The summed E-state index contributed by atoms with van der Waals surface area (Å²) in [5.41, 5.74) is 0. The van der Waals surface area contributed by atoms with Gasteiger partial charge in [-0.25, -0.2) is 0 Å². The quantitative estimate of drug-likeness (QED) is 0.536. The normalized spacial score (nSPS) is 15.2. The SMILES string of the molecule is CCCNCC(CCC)CCC(C)CC. The molecule has 0 aliphatic carbocycles. The Bertz CT molecular complexity index is 123. The minimum atomic E-state index is 0.913. The Morgan fingerprint density at radius 3 is 2.20 bits per heavy atom. The van der Waals surface area contributed by atoms with E-state index in [1.54, 1.807) is 0 Å². The van der Waals surface area contributed by atoms with E-state index in [1.165, 1.54) is 51.6 Å². The number of nitrogens with one attached hydrogen (secondary N) is 1. The summed E-state index contributed by atoms with van der Waals surface area (Å²) in [6.07, 6.45) is 8.14. The molecule has 0 rings (SSSR count). The van der Waals surface area contributed by atoms with Gasteiger partial charge in [-0.3, -0.25) is 0 Å². The highest BCUT2D eigenvalue weighted by molar-refractivity contribution is 4.64. The number of rotatable bonds is 10. The van der Waals surface area contributed by atoms with Crippen LogP contribution in [0.25, 0.3) is 0 Å². The minimum absolute atomic E-state index is 0.913. The van der Waals surface area contributed by atoms with Crippen LogP contribution in [0.3, 0.4) is 0 Å². The molecule has 0 aliphatic heterocycles. The molecule has 0 aromatic carbocycles. The van der Waals surface area contributed by atoms with Crippen molar-refractivity contribution in [3.63, 3.8) is 0 Å². The molecule has 0 spiro atoms. The zero-order valence-corrected chi connectivity index (χ0v) is 11.3. The Hall–Kier alpha value is -0.0400. The molecule has 0 radical (unpaired) electrons. The van der Waals surface area contributed by atoms with Crippen molar-refractivity contribution in [1.82, 2.24) is 5.32 Å². The van der Waals surface area contributed by atoms with Crippen LogP contribution in [0.1, 0.15) is 66.2 Å². The van der Waals surface area contributed by atoms with E-state index >= 15 is 0 Å². The smallest absolute Gasteiger partial charge is 0.00205 e. The van der Waals surface area contributed by atoms with Crippen LogP contribution in [0, 0.1) is 11.8 Å². The van der Waals surface area contributed by atoms with Gasteiger partial charge in [0.05, 0.1) is 0 Å². The minimum Gasteiger partial charge on any atom is -0.316 e. The maximum absolute atomic E-state index is 3.56. The third-order valence-corrected chi connectivity index (χ3v) is 3.32. The molecular weight excluding hydrogens is 182 g/mol. The molecule has 0 heterocycles. The predicted molar refractivity (Wildman–Crippen MR) is 70.2 cm³/mol. The highest BCUT2D eigenvalue weighted by atomic mass is 14.8. The lowest BCUT2D eigenvalue weighted by atomic mass is 9.92. The molecule has 0 aromatic rings. The first kappa shape index (κ1) is 15.0. The summed E-state index contributed by atoms with van der Waals surface area (Å²) in [4.78, 5) is 0. The van der Waals surface area contributed by atoms with Crippen LogP contribution in [-0.4, -0.2) is 13.1 Å². The monoisotopic (exact) mass is 213 g/mol. The van der Waals surface area contributed by atoms with Crippen LogP contribution in [-0.2, 0) is 0 Å². The van der Waals surface area contributed by atoms with Crippen LogP contribution in [0.15, 0.2) is 0 Å². The van der Waals surface area contributed by atoms with E-state index in [1.807, 2.05) is 0 Å². The predicted octanol–water partition coefficient (Wildman–Crippen LogP) is 4.23. The van der Waals surface area contributed by atoms with Gasteiger partial charge in [-0.05, 0) is 44.2 Å². The summed E-state index contributed by atoms with van der Waals surface area (Å²) >= 11 is 0. The van der Waals surface area contributed by atoms with Crippen molar-refractivity contribution in [2.45, 2.75) is 66.2 Å². The molecule has 0 aliphatic rings. The average Bonchev–Trinajstić information content (AvgIpc) is 2.25. The van der Waals surface area contributed by atoms with Gasteiger partial charge in [0.1, 0.15) is 0 Å². The highest BCUT2D eigenvalue weighted by Gasteiger charge is 2.09. The van der Waals surface area contributed by atoms with E-state index in [0.29, 0.717) is 0 Å². The Labute approximate surface area is 97.0 Å². The summed E-state index contributed by atoms with van der Waals surface area (Å²) in [6, 6.07) is 0. The second-order valence-electron chi connectivity index (χ2n) is 4.95. The van der Waals surface area contributed by atoms with Crippen molar-refractivity contribution in [2.24, 2.45) is 11.8 Å². The van der Waals surface area contributed by atoms with Gasteiger partial charge >= 0.3 is 0 Å². The third kappa shape index (κ3) is 8.92. The highest BCUT2D eigenvalue weighted by Crippen LogP contribution is 2.18. The number of hydrogen-bond donors (Lipinski definition) is 1. The van der Waals surface area contributed by atoms with Crippen molar-refractivity contribution in [1.29, 1.82) is 0 Å². The fourth-order valence-corrected chi connectivity index (χ4v) is 1.96. The topological polar surface area (TPSA) is 12.0 Å². The zero-order chi connectivity index (χ0) is 11.5. The maximum atomic E-state index is 3.56. The first-order chi connectivity index (χ1) is 7.24. The molecule has 15 heavy (non-hydrogen) atoms. The van der Waals surface area contributed by atoms with Gasteiger partial charge in [0.2, 0.25) is 0 Å². The van der Waals surface area contributed by atoms with Crippen LogP contribution in [0.2, 0.25) is 0 Å². The maximum Gasteiger partial charge on any atom is -0.00205 e. The molecule has 0 aromatic heterocycles. The summed E-state index contributed by atoms with van der Waals surface area (Å²) < 4.78 is 0. The molecule has 0 bridgehead atoms. The molecule has 92 valence electrons. The Balaban J connectivity index is 3.62. The van der Waals surface area contributed by atoms with Gasteiger partial charge < -0.3 is 5.32 Å². The second kappa shape index (κ2) is 10.5. The first-order valence-corrected chi connectivity index (χ1v) is 6.95. The average molecular weight is 213 g/mol. The van der Waals surface area contributed by atoms with E-state index in [9.17, 15) is 0 Å². The van der Waals surface area contributed by atoms with E-state index < -0.39 is 0 Å². The summed E-state index contributed by atoms with van der Waals surface area (Å²) in [5, 5.41) is 3.56. The Morgan fingerprint density at radius 2 is 1.67 bits per heavy atom. The van der Waals surface area contributed by atoms with E-state index in [4.69, 9.17) is 0 Å². The van der Waals surface area contributed by atoms with Gasteiger partial charge in [-0.15, -0.1) is 0 Å². The van der Waals surface area contributed by atoms with Crippen molar-refractivity contribution < 1.29 is 0 Å². The molecular formula is C14H31N. The zero-order valence-electron chi connectivity index (χ0n) is 11.3. The summed E-state index contributed by atoms with van der Waals surface area (Å²) in [7, 11) is 0. The fraction of sp³-hybridized carbons (Fsp3) is 1.00. The van der Waals surface area contributed by atoms with Crippen molar-refractivity contribution in [3.8, 4) is 0 Å². The molecule has 2 unspecified atom stereocenters. The van der Waals surface area contributed by atoms with Crippen LogP contribution >= 0.6 is 0 Å². The van der Waals surface area contributed by atoms with Gasteiger partial charge in [-0.2, -0.15) is 0 Å². The second-order valence-corrected chi connectivity index (χ2v) is 4.95. The van der Waals surface area contributed by atoms with Crippen molar-refractivity contribution >= 4 is 0 Å². The molecule has 0 saturated carbocycles. The van der Waals surface area contributed by atoms with Gasteiger partial charge in [0.15, 0.2) is 0 Å². The van der Waals surface area contributed by atoms with Gasteiger partial charge in [0, 0.05) is 0 Å². The standard InChI is InChI=1S/C14H31N/c1-5-8-14(12-15-11-6-2)10-9-13(4)7-3/h13-15H,5-12H2,1-4H3. The Morgan fingerprint density at radius 1 is 0.933 bits per heavy atom. The van der Waals surface area contributed by atoms with E-state index in [2.05, 4.69) is 33.0 Å². The molecule has 2 atom stereocenters. The van der Waals surface area contributed by atoms with E-state index in [-0.39, 0.29) is 0 Å². The molecule has 1 nitrogen and oxygen atoms in total. The number of hydrogen-bond acceptors (Lipinski definition) is 1. The van der Waals surface area contributed by atoms with Gasteiger partial charge in [0.25, 0.3) is 0 Å². The van der Waals surface area contributed by atoms with Crippen LogP contribution < -0.4 is 5.32 Å². The lowest BCUT2D eigenvalue weighted by Gasteiger charge is -2.18. The Kier molecular flexibility index (Phi) is 10.4. The van der Waals surface area contributed by atoms with Crippen molar-refractivity contribution in [3.05, 3.63) is 0 Å². The van der Waals surface area contributed by atoms with Gasteiger partial charge in [-0.1, -0.05) is 47.0 Å². The first-order valence-electron chi connectivity index (χ1n) is 6.95. The molecule has 0 fully saturated rings. The summed E-state index contributed by atoms with van der Waals surface area (Å²) in [6.45, 7) is 11.6. The lowest BCUT2D eigenvalue weighted by Crippen LogP contribution is -2.24. The molecule has 1 N–H and O–H groups in total. The molecule has 0 amide bonds.